The van der Waals surface area contributed by atoms with E-state index in [2.05, 4.69) is 5.43 Å². The van der Waals surface area contributed by atoms with E-state index in [0.717, 1.165) is 11.1 Å². The van der Waals surface area contributed by atoms with Gasteiger partial charge in [0, 0.05) is 17.4 Å². The number of nitrogens with one attached hydrogen (secondary N) is 1. The zero-order chi connectivity index (χ0) is 17.4. The first-order valence-corrected chi connectivity index (χ1v) is 8.51. The first kappa shape index (κ1) is 16.1. The molecule has 1 fully saturated rings. The zero-order valence-corrected chi connectivity index (χ0v) is 14.2. The molecule has 6 heteroatoms. The molecule has 4 rings (SSSR count). The summed E-state index contributed by atoms with van der Waals surface area (Å²) in [6.07, 6.45) is 4.29. The molecule has 2 aliphatic heterocycles. The van der Waals surface area contributed by atoms with E-state index in [1.165, 1.54) is 12.1 Å². The van der Waals surface area contributed by atoms with Gasteiger partial charge >= 0.3 is 0 Å². The van der Waals surface area contributed by atoms with Crippen molar-refractivity contribution in [3.05, 3.63) is 82.9 Å². The quantitative estimate of drug-likeness (QED) is 0.911. The van der Waals surface area contributed by atoms with Crippen LogP contribution in [-0.4, -0.2) is 21.9 Å². The van der Waals surface area contributed by atoms with Gasteiger partial charge in [0.05, 0.1) is 12.6 Å². The second-order valence-electron chi connectivity index (χ2n) is 6.29. The molecule has 2 unspecified atom stereocenters. The third kappa shape index (κ3) is 3.25. The number of hydrazine groups is 1. The molecule has 0 saturated carbocycles. The zero-order valence-electron chi connectivity index (χ0n) is 13.4. The lowest BCUT2D eigenvalue weighted by atomic mass is 10.0. The van der Waals surface area contributed by atoms with Crippen molar-refractivity contribution < 1.29 is 9.18 Å². The molecule has 4 nitrogen and oxygen atoms in total. The predicted octanol–water partition coefficient (Wildman–Crippen LogP) is 3.61. The minimum absolute atomic E-state index is 0.00896. The Hall–Kier alpha value is -2.37. The van der Waals surface area contributed by atoms with E-state index in [9.17, 15) is 9.18 Å². The lowest BCUT2D eigenvalue weighted by Crippen LogP contribution is -2.47. The third-order valence-corrected chi connectivity index (χ3v) is 4.82. The Labute approximate surface area is 150 Å². The first-order chi connectivity index (χ1) is 12.1. The van der Waals surface area contributed by atoms with Crippen LogP contribution < -0.4 is 5.43 Å². The van der Waals surface area contributed by atoms with Gasteiger partial charge in [-0.25, -0.2) is 9.82 Å². The highest BCUT2D eigenvalue weighted by atomic mass is 35.5. The monoisotopic (exact) mass is 357 g/mol. The van der Waals surface area contributed by atoms with Gasteiger partial charge in [-0.15, -0.1) is 0 Å². The van der Waals surface area contributed by atoms with E-state index >= 15 is 0 Å². The van der Waals surface area contributed by atoms with Gasteiger partial charge in [0.25, 0.3) is 5.91 Å². The molecular formula is C19H17ClFN3O. The summed E-state index contributed by atoms with van der Waals surface area (Å²) in [5, 5.41) is 2.50. The van der Waals surface area contributed by atoms with Crippen LogP contribution in [0.1, 0.15) is 23.6 Å². The summed E-state index contributed by atoms with van der Waals surface area (Å²) < 4.78 is 13.1. The molecule has 128 valence electrons. The number of hydrogen-bond donors (Lipinski definition) is 1. The number of nitrogens with zero attached hydrogens (tertiary/aromatic N) is 2. The molecule has 2 aliphatic rings. The fourth-order valence-electron chi connectivity index (χ4n) is 3.31. The van der Waals surface area contributed by atoms with Crippen LogP contribution in [0.15, 0.2) is 60.9 Å². The van der Waals surface area contributed by atoms with Crippen molar-refractivity contribution in [3.8, 4) is 0 Å². The average molecular weight is 358 g/mol. The van der Waals surface area contributed by atoms with E-state index in [1.54, 1.807) is 23.2 Å². The maximum Gasteiger partial charge on any atom is 0.251 e. The van der Waals surface area contributed by atoms with Crippen LogP contribution >= 0.6 is 11.6 Å². The minimum atomic E-state index is -0.265. The molecule has 2 atom stereocenters. The van der Waals surface area contributed by atoms with Crippen molar-refractivity contribution in [1.29, 1.82) is 0 Å². The first-order valence-electron chi connectivity index (χ1n) is 8.13. The van der Waals surface area contributed by atoms with Crippen molar-refractivity contribution in [1.82, 2.24) is 15.3 Å². The summed E-state index contributed by atoms with van der Waals surface area (Å²) in [4.78, 5) is 14.5. The molecule has 2 heterocycles. The molecule has 0 radical (unpaired) electrons. The van der Waals surface area contributed by atoms with E-state index in [1.807, 2.05) is 35.5 Å². The fourth-order valence-corrected chi connectivity index (χ4v) is 3.52. The van der Waals surface area contributed by atoms with E-state index < -0.39 is 0 Å². The smallest absolute Gasteiger partial charge is 0.251 e. The number of carbonyl (C=O) groups is 1. The molecule has 2 aromatic rings. The third-order valence-electron chi connectivity index (χ3n) is 4.59. The topological polar surface area (TPSA) is 35.6 Å². The van der Waals surface area contributed by atoms with Crippen LogP contribution in [0.3, 0.4) is 0 Å². The predicted molar refractivity (Wildman–Crippen MR) is 93.7 cm³/mol. The van der Waals surface area contributed by atoms with E-state index in [-0.39, 0.29) is 23.8 Å². The number of hydrogen-bond acceptors (Lipinski definition) is 3. The van der Waals surface area contributed by atoms with Gasteiger partial charge in [-0.05, 0) is 41.8 Å². The minimum Gasteiger partial charge on any atom is -0.311 e. The summed E-state index contributed by atoms with van der Waals surface area (Å²) in [6, 6.07) is 13.6. The summed E-state index contributed by atoms with van der Waals surface area (Å²) in [5.41, 5.74) is 5.26. The number of benzene rings is 2. The molecular weight excluding hydrogens is 341 g/mol. The Morgan fingerprint density at radius 1 is 1.16 bits per heavy atom. The summed E-state index contributed by atoms with van der Waals surface area (Å²) >= 11 is 6.02. The molecule has 0 bridgehead atoms. The second-order valence-corrected chi connectivity index (χ2v) is 6.72. The Balaban J connectivity index is 1.49. The summed E-state index contributed by atoms with van der Waals surface area (Å²) in [5.74, 6) is -0.220. The van der Waals surface area contributed by atoms with Gasteiger partial charge < -0.3 is 9.91 Å². The Kier molecular flexibility index (Phi) is 4.19. The summed E-state index contributed by atoms with van der Waals surface area (Å²) in [7, 11) is 0. The van der Waals surface area contributed by atoms with Gasteiger partial charge in [0.15, 0.2) is 0 Å². The highest BCUT2D eigenvalue weighted by Crippen LogP contribution is 2.31. The van der Waals surface area contributed by atoms with Gasteiger partial charge in [-0.2, -0.15) is 0 Å². The summed E-state index contributed by atoms with van der Waals surface area (Å²) in [6.45, 7) is 0.488. The van der Waals surface area contributed by atoms with Crippen LogP contribution in [0.25, 0.3) is 0 Å². The number of fused-ring (bicyclic) bond motifs is 1. The molecule has 0 aromatic heterocycles. The van der Waals surface area contributed by atoms with Gasteiger partial charge in [0.1, 0.15) is 11.9 Å². The Morgan fingerprint density at radius 2 is 1.96 bits per heavy atom. The lowest BCUT2D eigenvalue weighted by Gasteiger charge is -2.31. The van der Waals surface area contributed by atoms with Crippen LogP contribution in [0, 0.1) is 5.82 Å². The Morgan fingerprint density at radius 3 is 2.72 bits per heavy atom. The molecule has 0 aliphatic carbocycles. The number of halogens is 2. The molecule has 25 heavy (non-hydrogen) atoms. The van der Waals surface area contributed by atoms with Crippen LogP contribution in [-0.2, 0) is 11.3 Å². The second kappa shape index (κ2) is 6.50. The normalized spacial score (nSPS) is 22.4. The van der Waals surface area contributed by atoms with Crippen LogP contribution in [0.4, 0.5) is 4.39 Å². The standard InChI is InChI=1S/C19H17ClFN3O/c20-15-3-1-2-13(10-15)12-23-8-9-24-18(19(23)25)11-17(22-24)14-4-6-16(21)7-5-14/h1-10,17-18,22H,11-12H2. The highest BCUT2D eigenvalue weighted by molar-refractivity contribution is 6.30. The number of carbonyl (C=O) groups excluding carboxylic acids is 1. The van der Waals surface area contributed by atoms with Crippen molar-refractivity contribution in [2.75, 3.05) is 0 Å². The maximum atomic E-state index is 13.1. The van der Waals surface area contributed by atoms with Crippen LogP contribution in [0.5, 0.6) is 0 Å². The Bertz CT molecular complexity index is 824. The van der Waals surface area contributed by atoms with E-state index in [4.69, 9.17) is 11.6 Å². The van der Waals surface area contributed by atoms with Crippen molar-refractivity contribution in [3.63, 3.8) is 0 Å². The highest BCUT2D eigenvalue weighted by Gasteiger charge is 2.39. The number of rotatable bonds is 3. The molecule has 2 aromatic carbocycles. The molecule has 0 spiro atoms. The molecule has 1 amide bonds. The SMILES string of the molecule is O=C1C2CC(c3ccc(F)cc3)NN2C=CN1Cc1cccc(Cl)c1. The van der Waals surface area contributed by atoms with Crippen molar-refractivity contribution in [2.45, 2.75) is 25.0 Å². The van der Waals surface area contributed by atoms with Crippen LogP contribution in [0.2, 0.25) is 5.02 Å². The average Bonchev–Trinajstić information content (AvgIpc) is 3.03. The maximum absolute atomic E-state index is 13.1. The fraction of sp³-hybridized carbons (Fsp3) is 0.211. The number of amides is 1. The van der Waals surface area contributed by atoms with Gasteiger partial charge in [-0.1, -0.05) is 35.9 Å². The lowest BCUT2D eigenvalue weighted by molar-refractivity contribution is -0.134. The molecule has 1 N–H and O–H groups in total. The van der Waals surface area contributed by atoms with Gasteiger partial charge in [0.2, 0.25) is 0 Å². The van der Waals surface area contributed by atoms with E-state index in [0.29, 0.717) is 18.0 Å². The van der Waals surface area contributed by atoms with Crippen molar-refractivity contribution >= 4 is 17.5 Å². The van der Waals surface area contributed by atoms with Gasteiger partial charge in [-0.3, -0.25) is 4.79 Å². The molecule has 1 saturated heterocycles. The largest absolute Gasteiger partial charge is 0.311 e. The van der Waals surface area contributed by atoms with Crippen molar-refractivity contribution in [2.24, 2.45) is 0 Å².